The van der Waals surface area contributed by atoms with Crippen molar-refractivity contribution in [2.75, 3.05) is 13.4 Å². The van der Waals surface area contributed by atoms with Gasteiger partial charge in [-0.3, -0.25) is 0 Å². The zero-order chi connectivity index (χ0) is 15.4. The molecule has 0 radical (unpaired) electrons. The third-order valence-electron chi connectivity index (χ3n) is 3.40. The first-order valence-electron chi connectivity index (χ1n) is 7.26. The van der Waals surface area contributed by atoms with Crippen molar-refractivity contribution in [1.29, 1.82) is 0 Å². The monoisotopic (exact) mass is 363 g/mol. The van der Waals surface area contributed by atoms with E-state index in [0.29, 0.717) is 13.4 Å². The molecular formula is C17H18BrNO3. The quantitative estimate of drug-likeness (QED) is 0.845. The first-order chi connectivity index (χ1) is 10.8. The molecule has 1 aliphatic heterocycles. The Labute approximate surface area is 138 Å². The molecule has 0 saturated carbocycles. The van der Waals surface area contributed by atoms with Gasteiger partial charge in [-0.15, -0.1) is 0 Å². The molecule has 1 N–H and O–H groups in total. The van der Waals surface area contributed by atoms with Crippen LogP contribution in [0.2, 0.25) is 0 Å². The molecule has 0 aromatic heterocycles. The van der Waals surface area contributed by atoms with Crippen LogP contribution in [0.4, 0.5) is 0 Å². The van der Waals surface area contributed by atoms with E-state index in [1.807, 2.05) is 37.3 Å². The Bertz CT molecular complexity index is 660. The lowest BCUT2D eigenvalue weighted by Crippen LogP contribution is -2.13. The molecule has 1 heterocycles. The Balaban J connectivity index is 1.62. The van der Waals surface area contributed by atoms with E-state index >= 15 is 0 Å². The summed E-state index contributed by atoms with van der Waals surface area (Å²) in [5, 5.41) is 3.44. The molecule has 2 aromatic carbocycles. The number of fused-ring (bicyclic) bond motifs is 1. The highest BCUT2D eigenvalue weighted by Gasteiger charge is 2.13. The Morgan fingerprint density at radius 3 is 2.82 bits per heavy atom. The number of rotatable bonds is 6. The Morgan fingerprint density at radius 1 is 1.09 bits per heavy atom. The summed E-state index contributed by atoms with van der Waals surface area (Å²) in [6.45, 7) is 4.46. The van der Waals surface area contributed by atoms with Crippen molar-refractivity contribution >= 4 is 15.9 Å². The van der Waals surface area contributed by atoms with E-state index in [-0.39, 0.29) is 0 Å². The van der Waals surface area contributed by atoms with E-state index in [1.165, 1.54) is 0 Å². The third kappa shape index (κ3) is 3.54. The van der Waals surface area contributed by atoms with Crippen LogP contribution in [0.15, 0.2) is 40.9 Å². The first kappa shape index (κ1) is 15.2. The van der Waals surface area contributed by atoms with Crippen LogP contribution in [0.3, 0.4) is 0 Å². The summed E-state index contributed by atoms with van der Waals surface area (Å²) < 4.78 is 17.4. The van der Waals surface area contributed by atoms with Crippen LogP contribution < -0.4 is 19.5 Å². The fourth-order valence-electron chi connectivity index (χ4n) is 2.37. The van der Waals surface area contributed by atoms with Gasteiger partial charge in [0.05, 0.1) is 6.61 Å². The van der Waals surface area contributed by atoms with Crippen LogP contribution in [-0.4, -0.2) is 13.4 Å². The smallest absolute Gasteiger partial charge is 0.231 e. The minimum absolute atomic E-state index is 0.308. The zero-order valence-electron chi connectivity index (χ0n) is 12.4. The van der Waals surface area contributed by atoms with Gasteiger partial charge in [0.25, 0.3) is 0 Å². The maximum absolute atomic E-state index is 5.66. The molecule has 0 saturated heterocycles. The summed E-state index contributed by atoms with van der Waals surface area (Å²) in [6, 6.07) is 12.1. The number of ether oxygens (including phenoxy) is 3. The fourth-order valence-corrected chi connectivity index (χ4v) is 2.78. The van der Waals surface area contributed by atoms with Gasteiger partial charge in [0, 0.05) is 23.1 Å². The van der Waals surface area contributed by atoms with Crippen LogP contribution in [0.5, 0.6) is 17.2 Å². The molecule has 0 bridgehead atoms. The van der Waals surface area contributed by atoms with Gasteiger partial charge in [0.2, 0.25) is 6.79 Å². The molecule has 1 aliphatic rings. The van der Waals surface area contributed by atoms with E-state index in [2.05, 4.69) is 27.3 Å². The molecule has 22 heavy (non-hydrogen) atoms. The predicted octanol–water partition coefficient (Wildman–Crippen LogP) is 3.87. The highest BCUT2D eigenvalue weighted by Crippen LogP contribution is 2.32. The zero-order valence-corrected chi connectivity index (χ0v) is 14.0. The molecule has 0 unspecified atom stereocenters. The highest BCUT2D eigenvalue weighted by atomic mass is 79.9. The van der Waals surface area contributed by atoms with Crippen LogP contribution in [0.25, 0.3) is 0 Å². The molecule has 0 aliphatic carbocycles. The van der Waals surface area contributed by atoms with Gasteiger partial charge >= 0.3 is 0 Å². The Hall–Kier alpha value is -1.72. The molecular weight excluding hydrogens is 346 g/mol. The molecule has 4 nitrogen and oxygen atoms in total. The third-order valence-corrected chi connectivity index (χ3v) is 3.90. The van der Waals surface area contributed by atoms with Gasteiger partial charge in [0.1, 0.15) is 5.75 Å². The Morgan fingerprint density at radius 2 is 1.95 bits per heavy atom. The molecule has 3 rings (SSSR count). The molecule has 0 amide bonds. The second-order valence-corrected chi connectivity index (χ2v) is 5.89. The lowest BCUT2D eigenvalue weighted by molar-refractivity contribution is 0.174. The van der Waals surface area contributed by atoms with Gasteiger partial charge in [-0.05, 0) is 42.8 Å². The fraction of sp³-hybridized carbons (Fsp3) is 0.294. The van der Waals surface area contributed by atoms with E-state index in [4.69, 9.17) is 14.2 Å². The Kier molecular flexibility index (Phi) is 4.85. The summed E-state index contributed by atoms with van der Waals surface area (Å²) in [5.74, 6) is 2.55. The van der Waals surface area contributed by atoms with Gasteiger partial charge < -0.3 is 19.5 Å². The summed E-state index contributed by atoms with van der Waals surface area (Å²) in [5.41, 5.74) is 2.30. The average molecular weight is 364 g/mol. The van der Waals surface area contributed by atoms with Crippen molar-refractivity contribution in [2.45, 2.75) is 20.0 Å². The number of nitrogens with one attached hydrogen (secondary N) is 1. The van der Waals surface area contributed by atoms with Gasteiger partial charge in [-0.1, -0.05) is 22.0 Å². The second-order valence-electron chi connectivity index (χ2n) is 4.98. The normalized spacial score (nSPS) is 12.5. The maximum atomic E-state index is 5.66. The second kappa shape index (κ2) is 7.03. The highest BCUT2D eigenvalue weighted by molar-refractivity contribution is 9.10. The van der Waals surface area contributed by atoms with Crippen molar-refractivity contribution < 1.29 is 14.2 Å². The van der Waals surface area contributed by atoms with Gasteiger partial charge in [-0.25, -0.2) is 0 Å². The van der Waals surface area contributed by atoms with Crippen molar-refractivity contribution in [1.82, 2.24) is 5.32 Å². The minimum atomic E-state index is 0.308. The standard InChI is InChI=1S/C17H18BrNO3/c1-2-20-15-6-4-14(18)8-13(15)10-19-9-12-3-5-16-17(7-12)22-11-21-16/h3-8,19H,2,9-11H2,1H3. The van der Waals surface area contributed by atoms with Crippen LogP contribution >= 0.6 is 15.9 Å². The molecule has 0 fully saturated rings. The van der Waals surface area contributed by atoms with Crippen molar-refractivity contribution in [3.63, 3.8) is 0 Å². The first-order valence-corrected chi connectivity index (χ1v) is 8.06. The summed E-state index contributed by atoms with van der Waals surface area (Å²) in [7, 11) is 0. The predicted molar refractivity (Wildman–Crippen MR) is 88.4 cm³/mol. The van der Waals surface area contributed by atoms with Crippen molar-refractivity contribution in [3.8, 4) is 17.2 Å². The summed E-state index contributed by atoms with van der Waals surface area (Å²) in [4.78, 5) is 0. The van der Waals surface area contributed by atoms with E-state index in [9.17, 15) is 0 Å². The van der Waals surface area contributed by atoms with Gasteiger partial charge in [-0.2, -0.15) is 0 Å². The molecule has 116 valence electrons. The maximum Gasteiger partial charge on any atom is 0.231 e. The number of benzene rings is 2. The molecule has 0 spiro atoms. The van der Waals surface area contributed by atoms with Crippen LogP contribution in [-0.2, 0) is 13.1 Å². The lowest BCUT2D eigenvalue weighted by atomic mass is 10.1. The number of hydrogen-bond donors (Lipinski definition) is 1. The summed E-state index contributed by atoms with van der Waals surface area (Å²) >= 11 is 3.50. The van der Waals surface area contributed by atoms with Crippen molar-refractivity contribution in [3.05, 3.63) is 52.0 Å². The largest absolute Gasteiger partial charge is 0.494 e. The van der Waals surface area contributed by atoms with Crippen LogP contribution in [0, 0.1) is 0 Å². The van der Waals surface area contributed by atoms with Gasteiger partial charge in [0.15, 0.2) is 11.5 Å². The lowest BCUT2D eigenvalue weighted by Gasteiger charge is -2.12. The molecule has 2 aromatic rings. The SMILES string of the molecule is CCOc1ccc(Br)cc1CNCc1ccc2c(c1)OCO2. The number of hydrogen-bond acceptors (Lipinski definition) is 4. The minimum Gasteiger partial charge on any atom is -0.494 e. The van der Waals surface area contributed by atoms with E-state index in [1.54, 1.807) is 0 Å². The topological polar surface area (TPSA) is 39.7 Å². The van der Waals surface area contributed by atoms with E-state index in [0.717, 1.165) is 45.9 Å². The summed E-state index contributed by atoms with van der Waals surface area (Å²) in [6.07, 6.45) is 0. The van der Waals surface area contributed by atoms with Crippen LogP contribution in [0.1, 0.15) is 18.1 Å². The van der Waals surface area contributed by atoms with Crippen molar-refractivity contribution in [2.24, 2.45) is 0 Å². The molecule has 5 heteroatoms. The van der Waals surface area contributed by atoms with E-state index < -0.39 is 0 Å². The average Bonchev–Trinajstić information content (AvgIpc) is 2.98. The molecule has 0 atom stereocenters. The number of halogens is 1.